The first-order valence-electron chi connectivity index (χ1n) is 10.1. The average Bonchev–Trinajstić information content (AvgIpc) is 2.80. The van der Waals surface area contributed by atoms with Crippen LogP contribution in [0, 0.1) is 28.9 Å². The summed E-state index contributed by atoms with van der Waals surface area (Å²) >= 11 is 0. The third kappa shape index (κ3) is 4.49. The number of nitrogens with zero attached hydrogens (tertiary/aromatic N) is 4. The van der Waals surface area contributed by atoms with Gasteiger partial charge in [-0.15, -0.1) is 0 Å². The lowest BCUT2D eigenvalue weighted by Crippen LogP contribution is -2.41. The predicted molar refractivity (Wildman–Crippen MR) is 117 cm³/mol. The maximum Gasteiger partial charge on any atom is 0.229 e. The van der Waals surface area contributed by atoms with Crippen LogP contribution in [0.3, 0.4) is 0 Å². The summed E-state index contributed by atoms with van der Waals surface area (Å²) in [6, 6.07) is 13.7. The number of hydrogen-bond acceptors (Lipinski definition) is 6. The quantitative estimate of drug-likeness (QED) is 0.648. The number of piperidine rings is 1. The fraction of sp³-hybridized carbons (Fsp3) is 0.217. The predicted octanol–water partition coefficient (Wildman–Crippen LogP) is 3.73. The molecular weight excluding hydrogens is 414 g/mol. The van der Waals surface area contributed by atoms with E-state index in [9.17, 15) is 13.6 Å². The molecule has 1 aliphatic heterocycles. The van der Waals surface area contributed by atoms with Gasteiger partial charge in [0.05, 0.1) is 22.9 Å². The van der Waals surface area contributed by atoms with Gasteiger partial charge in [-0.3, -0.25) is 4.79 Å². The molecule has 1 amide bonds. The zero-order chi connectivity index (χ0) is 22.7. The van der Waals surface area contributed by atoms with Crippen molar-refractivity contribution in [3.8, 4) is 17.3 Å². The SMILES string of the molecule is N#Cc1ccc(-c2cc(N3CCC[C@H](C(=O)Nc4ccccc4F)C3)nc(N)n2)cc1F. The molecule has 0 spiro atoms. The van der Waals surface area contributed by atoms with Gasteiger partial charge in [-0.2, -0.15) is 10.2 Å². The summed E-state index contributed by atoms with van der Waals surface area (Å²) in [6.45, 7) is 1.03. The van der Waals surface area contributed by atoms with Crippen LogP contribution >= 0.6 is 0 Å². The summed E-state index contributed by atoms with van der Waals surface area (Å²) in [5, 5.41) is 11.6. The minimum atomic E-state index is -0.647. The second kappa shape index (κ2) is 8.98. The highest BCUT2D eigenvalue weighted by Crippen LogP contribution is 2.28. The zero-order valence-corrected chi connectivity index (χ0v) is 17.1. The van der Waals surface area contributed by atoms with Crippen LogP contribution in [0.1, 0.15) is 18.4 Å². The van der Waals surface area contributed by atoms with Crippen LogP contribution in [0.25, 0.3) is 11.3 Å². The molecule has 9 heteroatoms. The molecule has 2 aromatic carbocycles. The van der Waals surface area contributed by atoms with Crippen molar-refractivity contribution in [3.05, 3.63) is 65.7 Å². The molecule has 0 saturated carbocycles. The number of nitrogens with one attached hydrogen (secondary N) is 1. The van der Waals surface area contributed by atoms with Crippen LogP contribution in [0.4, 0.5) is 26.2 Å². The van der Waals surface area contributed by atoms with E-state index in [0.29, 0.717) is 36.6 Å². The standard InChI is InChI=1S/C23H20F2N6O/c24-17-5-1-2-6-19(17)28-22(32)16-4-3-9-31(13-16)21-11-20(29-23(27)30-21)14-7-8-15(12-26)18(25)10-14/h1-2,5-8,10-11,16H,3-4,9,13H2,(H,28,32)(H2,27,29,30)/t16-/m0/s1. The van der Waals surface area contributed by atoms with Crippen LogP contribution in [0.2, 0.25) is 0 Å². The number of benzene rings is 2. The largest absolute Gasteiger partial charge is 0.368 e. The van der Waals surface area contributed by atoms with Gasteiger partial charge in [0, 0.05) is 24.7 Å². The molecule has 0 aliphatic carbocycles. The van der Waals surface area contributed by atoms with Gasteiger partial charge in [-0.05, 0) is 37.1 Å². The number of carbonyl (C=O) groups is 1. The Morgan fingerprint density at radius 1 is 1.16 bits per heavy atom. The number of halogens is 2. The van der Waals surface area contributed by atoms with Crippen molar-refractivity contribution in [2.24, 2.45) is 5.92 Å². The molecule has 0 bridgehead atoms. The lowest BCUT2D eigenvalue weighted by molar-refractivity contribution is -0.120. The van der Waals surface area contributed by atoms with E-state index in [1.54, 1.807) is 30.3 Å². The Labute approximate surface area is 183 Å². The number of nitriles is 1. The number of nitrogens with two attached hydrogens (primary N) is 1. The summed E-state index contributed by atoms with van der Waals surface area (Å²) in [4.78, 5) is 23.1. The van der Waals surface area contributed by atoms with Crippen LogP contribution in [0.5, 0.6) is 0 Å². The number of para-hydroxylation sites is 1. The van der Waals surface area contributed by atoms with Gasteiger partial charge in [0.25, 0.3) is 0 Å². The van der Waals surface area contributed by atoms with Gasteiger partial charge in [-0.1, -0.05) is 18.2 Å². The highest BCUT2D eigenvalue weighted by Gasteiger charge is 2.27. The van der Waals surface area contributed by atoms with Crippen LogP contribution in [-0.4, -0.2) is 29.0 Å². The van der Waals surface area contributed by atoms with Gasteiger partial charge in [-0.25, -0.2) is 13.8 Å². The molecule has 4 rings (SSSR count). The second-order valence-electron chi connectivity index (χ2n) is 7.53. The minimum Gasteiger partial charge on any atom is -0.368 e. The van der Waals surface area contributed by atoms with Crippen LogP contribution in [0.15, 0.2) is 48.5 Å². The maximum atomic E-state index is 14.1. The Balaban J connectivity index is 1.54. The summed E-state index contributed by atoms with van der Waals surface area (Å²) < 4.78 is 27.9. The number of anilines is 3. The molecule has 1 fully saturated rings. The smallest absolute Gasteiger partial charge is 0.229 e. The Morgan fingerprint density at radius 3 is 2.72 bits per heavy atom. The molecule has 7 nitrogen and oxygen atoms in total. The van der Waals surface area contributed by atoms with Crippen molar-refractivity contribution in [1.29, 1.82) is 5.26 Å². The third-order valence-corrected chi connectivity index (χ3v) is 5.36. The van der Waals surface area contributed by atoms with E-state index >= 15 is 0 Å². The number of amides is 1. The summed E-state index contributed by atoms with van der Waals surface area (Å²) in [5.74, 6) is -1.24. The molecule has 1 atom stereocenters. The molecule has 162 valence electrons. The molecule has 1 aromatic heterocycles. The van der Waals surface area contributed by atoms with Crippen LogP contribution in [-0.2, 0) is 4.79 Å². The third-order valence-electron chi connectivity index (χ3n) is 5.36. The molecule has 2 heterocycles. The van der Waals surface area contributed by atoms with Crippen molar-refractivity contribution in [2.75, 3.05) is 29.0 Å². The number of aromatic nitrogens is 2. The molecule has 1 aliphatic rings. The van der Waals surface area contributed by atoms with Gasteiger partial charge >= 0.3 is 0 Å². The minimum absolute atomic E-state index is 0.0141. The number of nitrogen functional groups attached to an aromatic ring is 1. The van der Waals surface area contributed by atoms with E-state index in [1.165, 1.54) is 24.3 Å². The topological polar surface area (TPSA) is 108 Å². The molecule has 32 heavy (non-hydrogen) atoms. The van der Waals surface area contributed by atoms with Crippen molar-refractivity contribution in [2.45, 2.75) is 12.8 Å². The van der Waals surface area contributed by atoms with Crippen molar-refractivity contribution >= 4 is 23.4 Å². The van der Waals surface area contributed by atoms with E-state index in [0.717, 1.165) is 6.42 Å². The molecule has 0 unspecified atom stereocenters. The molecule has 3 aromatic rings. The van der Waals surface area contributed by atoms with Gasteiger partial charge in [0.1, 0.15) is 23.5 Å². The summed E-state index contributed by atoms with van der Waals surface area (Å²) in [5.41, 5.74) is 6.85. The Morgan fingerprint density at radius 2 is 1.97 bits per heavy atom. The highest BCUT2D eigenvalue weighted by atomic mass is 19.1. The molecule has 3 N–H and O–H groups in total. The fourth-order valence-corrected chi connectivity index (χ4v) is 3.72. The first-order valence-corrected chi connectivity index (χ1v) is 10.1. The summed E-state index contributed by atoms with van der Waals surface area (Å²) in [7, 11) is 0. The maximum absolute atomic E-state index is 14.1. The number of hydrogen-bond donors (Lipinski definition) is 2. The van der Waals surface area contributed by atoms with Gasteiger partial charge in [0.2, 0.25) is 11.9 Å². The zero-order valence-electron chi connectivity index (χ0n) is 17.1. The monoisotopic (exact) mass is 434 g/mol. The van der Waals surface area contributed by atoms with Crippen LogP contribution < -0.4 is 16.0 Å². The highest BCUT2D eigenvalue weighted by molar-refractivity contribution is 5.93. The van der Waals surface area contributed by atoms with Gasteiger partial charge in [0.15, 0.2) is 0 Å². The van der Waals surface area contributed by atoms with Crippen molar-refractivity contribution < 1.29 is 13.6 Å². The van der Waals surface area contributed by atoms with E-state index in [-0.39, 0.29) is 29.0 Å². The average molecular weight is 434 g/mol. The van der Waals surface area contributed by atoms with Gasteiger partial charge < -0.3 is 16.0 Å². The van der Waals surface area contributed by atoms with E-state index in [2.05, 4.69) is 15.3 Å². The second-order valence-corrected chi connectivity index (χ2v) is 7.53. The lowest BCUT2D eigenvalue weighted by atomic mass is 9.97. The van der Waals surface area contributed by atoms with E-state index in [1.807, 2.05) is 4.90 Å². The molecule has 0 radical (unpaired) electrons. The molecular formula is C23H20F2N6O. The summed E-state index contributed by atoms with van der Waals surface area (Å²) in [6.07, 6.45) is 1.39. The first-order chi connectivity index (χ1) is 15.4. The Hall–Kier alpha value is -4.06. The fourth-order valence-electron chi connectivity index (χ4n) is 3.72. The first kappa shape index (κ1) is 21.2. The van der Waals surface area contributed by atoms with Crippen molar-refractivity contribution in [1.82, 2.24) is 9.97 Å². The van der Waals surface area contributed by atoms with E-state index < -0.39 is 11.6 Å². The number of carbonyl (C=O) groups excluding carboxylic acids is 1. The van der Waals surface area contributed by atoms with E-state index in [4.69, 9.17) is 11.0 Å². The number of rotatable bonds is 4. The van der Waals surface area contributed by atoms with Crippen molar-refractivity contribution in [3.63, 3.8) is 0 Å². The molecule has 1 saturated heterocycles. The Bertz CT molecular complexity index is 1210. The normalized spacial score (nSPS) is 15.8. The lowest BCUT2D eigenvalue weighted by Gasteiger charge is -2.33. The Kier molecular flexibility index (Phi) is 5.94.